The molecule has 1 atom stereocenters. The highest BCUT2D eigenvalue weighted by Crippen LogP contribution is 2.35. The van der Waals surface area contributed by atoms with Gasteiger partial charge in [0.1, 0.15) is 11.8 Å². The van der Waals surface area contributed by atoms with Crippen LogP contribution in [0.3, 0.4) is 0 Å². The molecule has 182 valence electrons. The lowest BCUT2D eigenvalue weighted by atomic mass is 9.80. The SMILES string of the molecule is COc1ccc(C(=O)N(C2CCCCC2)C(C(=O)NC2CCCCC2)C2CCCCC2)cc1. The Hall–Kier alpha value is -2.04. The van der Waals surface area contributed by atoms with E-state index in [1.54, 1.807) is 7.11 Å². The number of carbonyl (C=O) groups excluding carboxylic acids is 2. The summed E-state index contributed by atoms with van der Waals surface area (Å²) in [5.74, 6) is 1.11. The molecule has 5 heteroatoms. The Morgan fingerprint density at radius 3 is 1.94 bits per heavy atom. The molecule has 3 saturated carbocycles. The summed E-state index contributed by atoms with van der Waals surface area (Å²) in [6.45, 7) is 0. The van der Waals surface area contributed by atoms with E-state index < -0.39 is 0 Å². The Labute approximate surface area is 199 Å². The standard InChI is InChI=1S/C28H42N2O3/c1-33-25-19-17-22(18-20-25)28(32)30(24-15-9-4-10-16-24)26(21-11-5-2-6-12-21)27(31)29-23-13-7-3-8-14-23/h17-21,23-24,26H,2-16H2,1H3,(H,29,31). The van der Waals surface area contributed by atoms with E-state index in [2.05, 4.69) is 5.32 Å². The van der Waals surface area contributed by atoms with Crippen molar-refractivity contribution in [1.29, 1.82) is 0 Å². The van der Waals surface area contributed by atoms with Crippen molar-refractivity contribution in [1.82, 2.24) is 10.2 Å². The first kappa shape index (κ1) is 24.1. The molecular weight excluding hydrogens is 412 g/mol. The molecule has 0 aromatic heterocycles. The van der Waals surface area contributed by atoms with E-state index in [9.17, 15) is 9.59 Å². The van der Waals surface area contributed by atoms with Gasteiger partial charge in [-0.1, -0.05) is 57.8 Å². The Bertz CT molecular complexity index is 760. The van der Waals surface area contributed by atoms with Crippen molar-refractivity contribution < 1.29 is 14.3 Å². The molecule has 2 amide bonds. The number of nitrogens with zero attached hydrogens (tertiary/aromatic N) is 1. The van der Waals surface area contributed by atoms with Crippen LogP contribution in [0, 0.1) is 5.92 Å². The first-order valence-electron chi connectivity index (χ1n) is 13.4. The number of methoxy groups -OCH3 is 1. The summed E-state index contributed by atoms with van der Waals surface area (Å²) in [5.41, 5.74) is 0.660. The molecule has 0 aliphatic heterocycles. The van der Waals surface area contributed by atoms with Crippen LogP contribution in [0.2, 0.25) is 0 Å². The van der Waals surface area contributed by atoms with Crippen LogP contribution in [0.4, 0.5) is 0 Å². The summed E-state index contributed by atoms with van der Waals surface area (Å²) < 4.78 is 5.30. The molecule has 3 fully saturated rings. The van der Waals surface area contributed by atoms with E-state index in [0.717, 1.165) is 70.0 Å². The number of ether oxygens (including phenoxy) is 1. The third kappa shape index (κ3) is 6.10. The molecule has 0 radical (unpaired) electrons. The summed E-state index contributed by atoms with van der Waals surface area (Å²) in [6, 6.07) is 7.47. The van der Waals surface area contributed by atoms with Crippen LogP contribution in [0.15, 0.2) is 24.3 Å². The molecule has 0 bridgehead atoms. The van der Waals surface area contributed by atoms with Crippen LogP contribution in [0.5, 0.6) is 5.75 Å². The predicted molar refractivity (Wildman–Crippen MR) is 131 cm³/mol. The summed E-state index contributed by atoms with van der Waals surface area (Å²) in [5, 5.41) is 3.41. The fraction of sp³-hybridized carbons (Fsp3) is 0.714. The summed E-state index contributed by atoms with van der Waals surface area (Å²) in [6.07, 6.45) is 16.9. The average molecular weight is 455 g/mol. The molecule has 3 aliphatic rings. The second kappa shape index (κ2) is 11.9. The van der Waals surface area contributed by atoms with Crippen molar-refractivity contribution in [3.05, 3.63) is 29.8 Å². The van der Waals surface area contributed by atoms with E-state index >= 15 is 0 Å². The van der Waals surface area contributed by atoms with Crippen molar-refractivity contribution in [2.75, 3.05) is 7.11 Å². The molecule has 0 saturated heterocycles. The van der Waals surface area contributed by atoms with Crippen LogP contribution >= 0.6 is 0 Å². The largest absolute Gasteiger partial charge is 0.497 e. The first-order valence-corrected chi connectivity index (χ1v) is 13.4. The van der Waals surface area contributed by atoms with Gasteiger partial charge in [-0.3, -0.25) is 9.59 Å². The highest BCUT2D eigenvalue weighted by atomic mass is 16.5. The van der Waals surface area contributed by atoms with Gasteiger partial charge in [0.25, 0.3) is 5.91 Å². The van der Waals surface area contributed by atoms with Gasteiger partial charge in [0.15, 0.2) is 0 Å². The average Bonchev–Trinajstić information content (AvgIpc) is 2.88. The number of benzene rings is 1. The van der Waals surface area contributed by atoms with E-state index in [-0.39, 0.29) is 35.9 Å². The van der Waals surface area contributed by atoms with Gasteiger partial charge in [-0.15, -0.1) is 0 Å². The fourth-order valence-corrected chi connectivity index (χ4v) is 6.31. The topological polar surface area (TPSA) is 58.6 Å². The van der Waals surface area contributed by atoms with Crippen LogP contribution in [-0.2, 0) is 4.79 Å². The predicted octanol–water partition coefficient (Wildman–Crippen LogP) is 5.87. The highest BCUT2D eigenvalue weighted by molar-refractivity contribution is 5.98. The zero-order valence-electron chi connectivity index (χ0n) is 20.4. The van der Waals surface area contributed by atoms with Crippen molar-refractivity contribution in [3.8, 4) is 5.75 Å². The van der Waals surface area contributed by atoms with Gasteiger partial charge in [-0.05, 0) is 68.7 Å². The van der Waals surface area contributed by atoms with Gasteiger partial charge in [-0.25, -0.2) is 0 Å². The van der Waals surface area contributed by atoms with Crippen molar-refractivity contribution >= 4 is 11.8 Å². The van der Waals surface area contributed by atoms with E-state index in [4.69, 9.17) is 4.74 Å². The quantitative estimate of drug-likeness (QED) is 0.561. The Balaban J connectivity index is 1.64. The number of amides is 2. The number of nitrogens with one attached hydrogen (secondary N) is 1. The summed E-state index contributed by atoms with van der Waals surface area (Å²) in [7, 11) is 1.64. The van der Waals surface area contributed by atoms with Crippen molar-refractivity contribution in [3.63, 3.8) is 0 Å². The number of hydrogen-bond acceptors (Lipinski definition) is 3. The maximum Gasteiger partial charge on any atom is 0.254 e. The first-order chi connectivity index (χ1) is 16.2. The third-order valence-corrected chi connectivity index (χ3v) is 8.16. The lowest BCUT2D eigenvalue weighted by Crippen LogP contribution is -2.59. The minimum absolute atomic E-state index is 0.0129. The zero-order valence-corrected chi connectivity index (χ0v) is 20.4. The lowest BCUT2D eigenvalue weighted by molar-refractivity contribution is -0.130. The van der Waals surface area contributed by atoms with E-state index in [0.29, 0.717) is 5.56 Å². The molecule has 3 aliphatic carbocycles. The third-order valence-electron chi connectivity index (χ3n) is 8.16. The van der Waals surface area contributed by atoms with Gasteiger partial charge in [0, 0.05) is 17.6 Å². The molecule has 33 heavy (non-hydrogen) atoms. The van der Waals surface area contributed by atoms with Gasteiger partial charge < -0.3 is 15.0 Å². The molecule has 4 rings (SSSR count). The van der Waals surface area contributed by atoms with Crippen LogP contribution in [-0.4, -0.2) is 41.9 Å². The molecule has 1 unspecified atom stereocenters. The molecule has 1 aromatic carbocycles. The second-order valence-corrected chi connectivity index (χ2v) is 10.4. The number of carbonyl (C=O) groups is 2. The summed E-state index contributed by atoms with van der Waals surface area (Å²) >= 11 is 0. The fourth-order valence-electron chi connectivity index (χ4n) is 6.31. The lowest BCUT2D eigenvalue weighted by Gasteiger charge is -2.44. The van der Waals surface area contributed by atoms with E-state index in [1.807, 2.05) is 29.2 Å². The highest BCUT2D eigenvalue weighted by Gasteiger charge is 2.41. The smallest absolute Gasteiger partial charge is 0.254 e. The maximum atomic E-state index is 14.0. The Morgan fingerprint density at radius 2 is 1.36 bits per heavy atom. The van der Waals surface area contributed by atoms with Crippen LogP contribution in [0.25, 0.3) is 0 Å². The van der Waals surface area contributed by atoms with Gasteiger partial charge in [-0.2, -0.15) is 0 Å². The van der Waals surface area contributed by atoms with Crippen molar-refractivity contribution in [2.45, 2.75) is 114 Å². The molecular formula is C28H42N2O3. The Kier molecular flexibility index (Phi) is 8.69. The van der Waals surface area contributed by atoms with Crippen molar-refractivity contribution in [2.24, 2.45) is 5.92 Å². The molecule has 1 N–H and O–H groups in total. The van der Waals surface area contributed by atoms with Gasteiger partial charge in [0.2, 0.25) is 5.91 Å². The molecule has 0 heterocycles. The van der Waals surface area contributed by atoms with Crippen LogP contribution < -0.4 is 10.1 Å². The van der Waals surface area contributed by atoms with E-state index in [1.165, 1.54) is 32.1 Å². The minimum Gasteiger partial charge on any atom is -0.497 e. The molecule has 0 spiro atoms. The Morgan fingerprint density at radius 1 is 0.818 bits per heavy atom. The second-order valence-electron chi connectivity index (χ2n) is 10.4. The molecule has 5 nitrogen and oxygen atoms in total. The maximum absolute atomic E-state index is 14.0. The minimum atomic E-state index is -0.357. The van der Waals surface area contributed by atoms with Crippen LogP contribution in [0.1, 0.15) is 107 Å². The number of rotatable bonds is 7. The van der Waals surface area contributed by atoms with Gasteiger partial charge in [0.05, 0.1) is 7.11 Å². The zero-order chi connectivity index (χ0) is 23.0. The summed E-state index contributed by atoms with van der Waals surface area (Å²) in [4.78, 5) is 30.0. The monoisotopic (exact) mass is 454 g/mol. The number of hydrogen-bond donors (Lipinski definition) is 1. The van der Waals surface area contributed by atoms with Gasteiger partial charge >= 0.3 is 0 Å². The normalized spacial score (nSPS) is 21.8. The molecule has 1 aromatic rings.